The highest BCUT2D eigenvalue weighted by Crippen LogP contribution is 2.44. The van der Waals surface area contributed by atoms with Gasteiger partial charge >= 0.3 is 0 Å². The fourth-order valence-corrected chi connectivity index (χ4v) is 7.75. The van der Waals surface area contributed by atoms with E-state index >= 15 is 0 Å². The number of nitrogen functional groups attached to an aromatic ring is 1. The van der Waals surface area contributed by atoms with Crippen LogP contribution in [0.5, 0.6) is 5.88 Å². The van der Waals surface area contributed by atoms with Gasteiger partial charge in [0.05, 0.1) is 17.0 Å². The maximum absolute atomic E-state index is 14.3. The van der Waals surface area contributed by atoms with Crippen LogP contribution in [-0.4, -0.2) is 67.2 Å². The number of Topliss-reactive ketones (excluding diaryl/α,β-unsaturated/α-hetero) is 1. The molecule has 5 rings (SSSR count). The first kappa shape index (κ1) is 31.4. The Balaban J connectivity index is 1.58. The molecule has 0 spiro atoms. The molecule has 3 atom stereocenters. The van der Waals surface area contributed by atoms with E-state index in [2.05, 4.69) is 18.0 Å². The minimum absolute atomic E-state index is 0.0737. The SMILES string of the molecule is CCC/C(C(=O)C1CCCc2sc(N)c(C#N)c21)=C(/N)c1nc(OC[C@@H]2CCCN2C)c2c(n1)[C@@H](CCOC)OCCC2. The summed E-state index contributed by atoms with van der Waals surface area (Å²) in [5.41, 5.74) is 16.8. The molecule has 0 bridgehead atoms. The Morgan fingerprint density at radius 2 is 2.07 bits per heavy atom. The Morgan fingerprint density at radius 3 is 2.79 bits per heavy atom. The lowest BCUT2D eigenvalue weighted by atomic mass is 9.79. The zero-order valence-corrected chi connectivity index (χ0v) is 26.4. The van der Waals surface area contributed by atoms with Crippen molar-refractivity contribution in [1.29, 1.82) is 5.26 Å². The van der Waals surface area contributed by atoms with E-state index in [1.807, 2.05) is 6.92 Å². The molecule has 1 unspecified atom stereocenters. The van der Waals surface area contributed by atoms with Gasteiger partial charge in [-0.05, 0) is 70.5 Å². The summed E-state index contributed by atoms with van der Waals surface area (Å²) in [5, 5.41) is 10.3. The van der Waals surface area contributed by atoms with Gasteiger partial charge in [0.2, 0.25) is 5.88 Å². The molecule has 0 saturated carbocycles. The molecule has 1 fully saturated rings. The Hall–Kier alpha value is -3.04. The van der Waals surface area contributed by atoms with Gasteiger partial charge in [-0.25, -0.2) is 4.98 Å². The third-order valence-corrected chi connectivity index (χ3v) is 10.0. The Labute approximate surface area is 258 Å². The summed E-state index contributed by atoms with van der Waals surface area (Å²) in [6.45, 7) is 4.72. The third kappa shape index (κ3) is 6.58. The minimum atomic E-state index is -0.459. The summed E-state index contributed by atoms with van der Waals surface area (Å²) in [4.78, 5) is 27.5. The fraction of sp³-hybridized carbons (Fsp3) is 0.625. The third-order valence-electron chi connectivity index (χ3n) is 8.95. The fourth-order valence-electron chi connectivity index (χ4n) is 6.62. The van der Waals surface area contributed by atoms with E-state index in [1.54, 1.807) is 7.11 Å². The molecule has 2 aromatic heterocycles. The van der Waals surface area contributed by atoms with Crippen LogP contribution in [0.3, 0.4) is 0 Å². The average Bonchev–Trinajstić information content (AvgIpc) is 3.50. The van der Waals surface area contributed by atoms with Crippen molar-refractivity contribution in [3.63, 3.8) is 0 Å². The monoisotopic (exact) mass is 608 g/mol. The van der Waals surface area contributed by atoms with E-state index in [-0.39, 0.29) is 17.6 Å². The van der Waals surface area contributed by atoms with E-state index in [0.29, 0.717) is 73.0 Å². The van der Waals surface area contributed by atoms with Gasteiger partial charge in [0, 0.05) is 54.7 Å². The second-order valence-electron chi connectivity index (χ2n) is 11.8. The highest BCUT2D eigenvalue weighted by Gasteiger charge is 2.35. The molecule has 0 radical (unpaired) electrons. The molecule has 3 aliphatic rings. The molecule has 2 aromatic rings. The smallest absolute Gasteiger partial charge is 0.220 e. The number of nitrogens with two attached hydrogens (primary N) is 2. The van der Waals surface area contributed by atoms with Crippen LogP contribution in [0.15, 0.2) is 5.57 Å². The molecule has 0 aromatic carbocycles. The van der Waals surface area contributed by atoms with Crippen LogP contribution >= 0.6 is 11.3 Å². The van der Waals surface area contributed by atoms with Crippen molar-refractivity contribution in [3.05, 3.63) is 38.7 Å². The predicted octanol–water partition coefficient (Wildman–Crippen LogP) is 4.66. The summed E-state index contributed by atoms with van der Waals surface area (Å²) in [6.07, 6.45) is 7.67. The minimum Gasteiger partial charge on any atom is -0.476 e. The van der Waals surface area contributed by atoms with Crippen molar-refractivity contribution in [2.75, 3.05) is 46.3 Å². The molecule has 11 heteroatoms. The van der Waals surface area contributed by atoms with Crippen molar-refractivity contribution in [3.8, 4) is 11.9 Å². The number of ether oxygens (including phenoxy) is 3. The number of carbonyl (C=O) groups is 1. The second-order valence-corrected chi connectivity index (χ2v) is 12.9. The molecule has 2 aliphatic heterocycles. The zero-order valence-electron chi connectivity index (χ0n) is 25.6. The Morgan fingerprint density at radius 1 is 1.23 bits per heavy atom. The first-order chi connectivity index (χ1) is 20.9. The molecular formula is C32H44N6O4S. The number of hydrogen-bond acceptors (Lipinski definition) is 11. The Kier molecular flexibility index (Phi) is 10.3. The highest BCUT2D eigenvalue weighted by atomic mass is 32.1. The van der Waals surface area contributed by atoms with Crippen LogP contribution in [0.25, 0.3) is 5.70 Å². The van der Waals surface area contributed by atoms with E-state index in [1.165, 1.54) is 11.3 Å². The van der Waals surface area contributed by atoms with E-state index < -0.39 is 5.92 Å². The number of nitrogens with zero attached hydrogens (tertiary/aromatic N) is 4. The summed E-state index contributed by atoms with van der Waals surface area (Å²) < 4.78 is 18.1. The van der Waals surface area contributed by atoms with Gasteiger partial charge in [-0.15, -0.1) is 11.3 Å². The second kappa shape index (κ2) is 14.2. The Bertz CT molecular complexity index is 1400. The van der Waals surface area contributed by atoms with Gasteiger partial charge in [-0.3, -0.25) is 4.79 Å². The topological polar surface area (TPSA) is 150 Å². The van der Waals surface area contributed by atoms with E-state index in [9.17, 15) is 10.1 Å². The van der Waals surface area contributed by atoms with Gasteiger partial charge in [0.1, 0.15) is 23.8 Å². The summed E-state index contributed by atoms with van der Waals surface area (Å²) in [5.74, 6) is 0.283. The number of methoxy groups -OCH3 is 1. The maximum atomic E-state index is 14.3. The number of fused-ring (bicyclic) bond motifs is 2. The van der Waals surface area contributed by atoms with Crippen LogP contribution in [0.4, 0.5) is 5.00 Å². The molecule has 232 valence electrons. The van der Waals surface area contributed by atoms with Crippen molar-refractivity contribution in [1.82, 2.24) is 14.9 Å². The van der Waals surface area contributed by atoms with Gasteiger partial charge < -0.3 is 30.6 Å². The van der Waals surface area contributed by atoms with Crippen molar-refractivity contribution >= 4 is 27.8 Å². The largest absolute Gasteiger partial charge is 0.476 e. The number of nitriles is 1. The van der Waals surface area contributed by atoms with Gasteiger partial charge in [0.25, 0.3) is 0 Å². The van der Waals surface area contributed by atoms with Gasteiger partial charge in [0.15, 0.2) is 11.6 Å². The lowest BCUT2D eigenvalue weighted by molar-refractivity contribution is -0.117. The molecular weight excluding hydrogens is 564 g/mol. The average molecular weight is 609 g/mol. The molecule has 0 amide bonds. The number of aryl methyl sites for hydroxylation is 1. The number of ketones is 1. The number of thiophene rings is 1. The normalized spacial score (nSPS) is 22.7. The number of carbonyl (C=O) groups excluding carboxylic acids is 1. The lowest BCUT2D eigenvalue weighted by Gasteiger charge is -2.25. The first-order valence-electron chi connectivity index (χ1n) is 15.6. The number of anilines is 1. The molecule has 1 aliphatic carbocycles. The number of rotatable bonds is 11. The maximum Gasteiger partial charge on any atom is 0.220 e. The van der Waals surface area contributed by atoms with Crippen molar-refractivity contribution in [2.24, 2.45) is 5.73 Å². The van der Waals surface area contributed by atoms with E-state index in [0.717, 1.165) is 73.2 Å². The highest BCUT2D eigenvalue weighted by molar-refractivity contribution is 7.16. The molecule has 4 heterocycles. The summed E-state index contributed by atoms with van der Waals surface area (Å²) >= 11 is 1.42. The predicted molar refractivity (Wildman–Crippen MR) is 167 cm³/mol. The number of aromatic nitrogens is 2. The molecule has 4 N–H and O–H groups in total. The quantitative estimate of drug-likeness (QED) is 0.345. The molecule has 10 nitrogen and oxygen atoms in total. The van der Waals surface area contributed by atoms with Crippen LogP contribution in [0.1, 0.15) is 103 Å². The van der Waals surface area contributed by atoms with Crippen molar-refractivity contribution in [2.45, 2.75) is 89.2 Å². The zero-order chi connectivity index (χ0) is 30.5. The number of likely N-dealkylation sites (N-methyl/N-ethyl adjacent to an activating group) is 1. The number of hydrogen-bond donors (Lipinski definition) is 2. The first-order valence-corrected chi connectivity index (χ1v) is 16.4. The standard InChI is InChI=1S/C32H44N6O4S/c1-4-8-21(29(39)20-10-5-12-25-26(20)23(17-33)30(35)43-25)27(34)31-36-28-22(11-7-15-41-24(28)13-16-40-3)32(37-31)42-18-19-9-6-14-38(19)2/h19-20,24H,4-16,18,34-35H2,1-3H3/b27-21-/t19-,20?,24+/m0/s1. The lowest BCUT2D eigenvalue weighted by Crippen LogP contribution is -2.31. The summed E-state index contributed by atoms with van der Waals surface area (Å²) in [6, 6.07) is 2.56. The number of likely N-dealkylation sites (tertiary alicyclic amines) is 1. The van der Waals surface area contributed by atoms with Crippen LogP contribution < -0.4 is 16.2 Å². The van der Waals surface area contributed by atoms with Crippen LogP contribution in [0.2, 0.25) is 0 Å². The molecule has 43 heavy (non-hydrogen) atoms. The molecule has 1 saturated heterocycles. The van der Waals surface area contributed by atoms with Gasteiger partial charge in [-0.1, -0.05) is 13.3 Å². The van der Waals surface area contributed by atoms with Gasteiger partial charge in [-0.2, -0.15) is 10.2 Å². The van der Waals surface area contributed by atoms with Crippen molar-refractivity contribution < 1.29 is 19.0 Å². The summed E-state index contributed by atoms with van der Waals surface area (Å²) in [7, 11) is 3.80. The van der Waals surface area contributed by atoms with Crippen LogP contribution in [0, 0.1) is 11.3 Å². The van der Waals surface area contributed by atoms with Crippen LogP contribution in [-0.2, 0) is 27.1 Å². The van der Waals surface area contributed by atoms with E-state index in [4.69, 9.17) is 35.6 Å². The number of allylic oxidation sites excluding steroid dienone is 1.